The van der Waals surface area contributed by atoms with E-state index in [0.29, 0.717) is 21.1 Å². The highest BCUT2D eigenvalue weighted by Crippen LogP contribution is 2.30. The average molecular weight is 318 g/mol. The summed E-state index contributed by atoms with van der Waals surface area (Å²) in [6.07, 6.45) is 1.44. The van der Waals surface area contributed by atoms with Gasteiger partial charge in [0, 0.05) is 12.3 Å². The van der Waals surface area contributed by atoms with E-state index in [1.807, 2.05) is 0 Å². The number of rotatable bonds is 2. The first-order valence-corrected chi connectivity index (χ1v) is 5.77. The van der Waals surface area contributed by atoms with Gasteiger partial charge in [-0.1, -0.05) is 11.6 Å². The minimum Gasteiger partial charge on any atom is -0.438 e. The molecule has 6 heteroatoms. The first-order valence-electron chi connectivity index (χ1n) is 4.60. The van der Waals surface area contributed by atoms with Gasteiger partial charge in [0.1, 0.15) is 11.6 Å². The highest BCUT2D eigenvalue weighted by atomic mass is 79.9. The van der Waals surface area contributed by atoms with E-state index in [-0.39, 0.29) is 5.69 Å². The number of nitrogens with two attached hydrogens (primary N) is 1. The molecule has 0 bridgehead atoms. The standard InChI is InChI=1S/C11H7BrClFN2O/c12-8-3-6(13)5-16-11(8)17-7-1-2-10(15)9(14)4-7/h1-5H,15H2. The van der Waals surface area contributed by atoms with Crippen LogP contribution in [0.4, 0.5) is 10.1 Å². The van der Waals surface area contributed by atoms with Gasteiger partial charge in [-0.05, 0) is 34.1 Å². The molecule has 0 saturated carbocycles. The third-order valence-electron chi connectivity index (χ3n) is 1.96. The molecule has 0 amide bonds. The number of halogens is 3. The fraction of sp³-hybridized carbons (Fsp3) is 0. The van der Waals surface area contributed by atoms with E-state index in [2.05, 4.69) is 20.9 Å². The largest absolute Gasteiger partial charge is 0.438 e. The van der Waals surface area contributed by atoms with Crippen molar-refractivity contribution in [1.82, 2.24) is 4.98 Å². The lowest BCUT2D eigenvalue weighted by atomic mass is 10.3. The fourth-order valence-corrected chi connectivity index (χ4v) is 1.88. The molecule has 2 N–H and O–H groups in total. The van der Waals surface area contributed by atoms with Crippen LogP contribution in [0.5, 0.6) is 11.6 Å². The van der Waals surface area contributed by atoms with Gasteiger partial charge in [-0.25, -0.2) is 9.37 Å². The smallest absolute Gasteiger partial charge is 0.233 e. The molecule has 1 aromatic carbocycles. The molecular formula is C11H7BrClFN2O. The number of pyridine rings is 1. The van der Waals surface area contributed by atoms with Crippen molar-refractivity contribution in [2.24, 2.45) is 0 Å². The van der Waals surface area contributed by atoms with Gasteiger partial charge >= 0.3 is 0 Å². The van der Waals surface area contributed by atoms with Crippen LogP contribution in [-0.4, -0.2) is 4.98 Å². The SMILES string of the molecule is Nc1ccc(Oc2ncc(Cl)cc2Br)cc1F. The van der Waals surface area contributed by atoms with E-state index in [9.17, 15) is 4.39 Å². The zero-order valence-electron chi connectivity index (χ0n) is 8.45. The maximum Gasteiger partial charge on any atom is 0.233 e. The first kappa shape index (κ1) is 12.1. The number of anilines is 1. The van der Waals surface area contributed by atoms with E-state index in [4.69, 9.17) is 22.1 Å². The van der Waals surface area contributed by atoms with Crippen molar-refractivity contribution in [2.45, 2.75) is 0 Å². The molecule has 0 radical (unpaired) electrons. The second-order valence-electron chi connectivity index (χ2n) is 3.23. The second kappa shape index (κ2) is 4.89. The predicted octanol–water partition coefficient (Wildman–Crippen LogP) is 4.01. The molecule has 0 unspecified atom stereocenters. The van der Waals surface area contributed by atoms with Crippen LogP contribution in [0.1, 0.15) is 0 Å². The molecule has 0 saturated heterocycles. The summed E-state index contributed by atoms with van der Waals surface area (Å²) in [7, 11) is 0. The number of benzene rings is 1. The Balaban J connectivity index is 2.28. The van der Waals surface area contributed by atoms with Gasteiger partial charge in [0.05, 0.1) is 15.2 Å². The van der Waals surface area contributed by atoms with Gasteiger partial charge in [0.25, 0.3) is 0 Å². The third kappa shape index (κ3) is 2.87. The van der Waals surface area contributed by atoms with Crippen LogP contribution in [0, 0.1) is 5.82 Å². The molecule has 1 heterocycles. The molecule has 0 aliphatic rings. The van der Waals surface area contributed by atoms with E-state index in [1.54, 1.807) is 12.1 Å². The Morgan fingerprint density at radius 2 is 2.12 bits per heavy atom. The van der Waals surface area contributed by atoms with Gasteiger partial charge in [0.15, 0.2) is 0 Å². The fourth-order valence-electron chi connectivity index (χ4n) is 1.16. The van der Waals surface area contributed by atoms with Gasteiger partial charge in [-0.3, -0.25) is 0 Å². The van der Waals surface area contributed by atoms with Crippen molar-refractivity contribution in [2.75, 3.05) is 5.73 Å². The van der Waals surface area contributed by atoms with Crippen LogP contribution < -0.4 is 10.5 Å². The summed E-state index contributed by atoms with van der Waals surface area (Å²) < 4.78 is 19.2. The molecule has 0 aliphatic heterocycles. The van der Waals surface area contributed by atoms with Crippen LogP contribution in [0.15, 0.2) is 34.9 Å². The summed E-state index contributed by atoms with van der Waals surface area (Å²) in [5, 5.41) is 0.479. The third-order valence-corrected chi connectivity index (χ3v) is 2.74. The van der Waals surface area contributed by atoms with E-state index < -0.39 is 5.82 Å². The van der Waals surface area contributed by atoms with Crippen molar-refractivity contribution in [1.29, 1.82) is 0 Å². The summed E-state index contributed by atoms with van der Waals surface area (Å²) in [6.45, 7) is 0. The van der Waals surface area contributed by atoms with Crippen LogP contribution >= 0.6 is 27.5 Å². The van der Waals surface area contributed by atoms with Crippen molar-refractivity contribution in [3.63, 3.8) is 0 Å². The molecule has 17 heavy (non-hydrogen) atoms. The number of nitrogen functional groups attached to an aromatic ring is 1. The average Bonchev–Trinajstić information content (AvgIpc) is 2.27. The van der Waals surface area contributed by atoms with Crippen LogP contribution in [-0.2, 0) is 0 Å². The molecular weight excluding hydrogens is 310 g/mol. The van der Waals surface area contributed by atoms with Crippen LogP contribution in [0.25, 0.3) is 0 Å². The number of hydrogen-bond acceptors (Lipinski definition) is 3. The Morgan fingerprint density at radius 1 is 1.35 bits per heavy atom. The molecule has 88 valence electrons. The number of hydrogen-bond donors (Lipinski definition) is 1. The molecule has 2 aromatic rings. The van der Waals surface area contributed by atoms with Crippen molar-refractivity contribution >= 4 is 33.2 Å². The summed E-state index contributed by atoms with van der Waals surface area (Å²) in [4.78, 5) is 3.97. The Hall–Kier alpha value is -1.33. The van der Waals surface area contributed by atoms with Crippen molar-refractivity contribution in [3.05, 3.63) is 45.8 Å². The van der Waals surface area contributed by atoms with Gasteiger partial charge in [0.2, 0.25) is 5.88 Å². The topological polar surface area (TPSA) is 48.1 Å². The molecule has 3 nitrogen and oxygen atoms in total. The molecule has 0 spiro atoms. The summed E-state index contributed by atoms with van der Waals surface area (Å²) in [5.74, 6) is 0.0818. The quantitative estimate of drug-likeness (QED) is 0.851. The van der Waals surface area contributed by atoms with Gasteiger partial charge in [-0.15, -0.1) is 0 Å². The van der Waals surface area contributed by atoms with Gasteiger partial charge < -0.3 is 10.5 Å². The van der Waals surface area contributed by atoms with E-state index >= 15 is 0 Å². The Kier molecular flexibility index (Phi) is 3.49. The van der Waals surface area contributed by atoms with E-state index in [1.165, 1.54) is 18.3 Å². The maximum absolute atomic E-state index is 13.2. The number of aromatic nitrogens is 1. The van der Waals surface area contributed by atoms with Gasteiger partial charge in [-0.2, -0.15) is 0 Å². The minimum absolute atomic E-state index is 0.0699. The van der Waals surface area contributed by atoms with Crippen molar-refractivity contribution in [3.8, 4) is 11.6 Å². The highest BCUT2D eigenvalue weighted by Gasteiger charge is 2.07. The molecule has 1 aromatic heterocycles. The molecule has 0 atom stereocenters. The lowest BCUT2D eigenvalue weighted by Gasteiger charge is -2.07. The van der Waals surface area contributed by atoms with Crippen molar-refractivity contribution < 1.29 is 9.13 Å². The monoisotopic (exact) mass is 316 g/mol. The summed E-state index contributed by atoms with van der Waals surface area (Å²) >= 11 is 8.99. The summed E-state index contributed by atoms with van der Waals surface area (Å²) in [5.41, 5.74) is 5.43. The number of nitrogens with zero attached hydrogens (tertiary/aromatic N) is 1. The second-order valence-corrected chi connectivity index (χ2v) is 4.52. The highest BCUT2D eigenvalue weighted by molar-refractivity contribution is 9.10. The van der Waals surface area contributed by atoms with E-state index in [0.717, 1.165) is 0 Å². The Labute approximate surface area is 110 Å². The number of ether oxygens (including phenoxy) is 1. The maximum atomic E-state index is 13.2. The summed E-state index contributed by atoms with van der Waals surface area (Å²) in [6, 6.07) is 5.81. The molecule has 2 rings (SSSR count). The lowest BCUT2D eigenvalue weighted by Crippen LogP contribution is -1.93. The minimum atomic E-state index is -0.535. The lowest BCUT2D eigenvalue weighted by molar-refractivity contribution is 0.455. The predicted molar refractivity (Wildman–Crippen MR) is 67.8 cm³/mol. The molecule has 0 aliphatic carbocycles. The Morgan fingerprint density at radius 3 is 2.76 bits per heavy atom. The zero-order valence-corrected chi connectivity index (χ0v) is 10.8. The zero-order chi connectivity index (χ0) is 12.4. The van der Waals surface area contributed by atoms with Crippen LogP contribution in [0.3, 0.4) is 0 Å². The normalized spacial score (nSPS) is 10.3. The first-order chi connectivity index (χ1) is 8.06. The molecule has 0 fully saturated rings. The Bertz CT molecular complexity index is 565. The van der Waals surface area contributed by atoms with Crippen LogP contribution in [0.2, 0.25) is 5.02 Å².